The minimum atomic E-state index is 0.312. The van der Waals surface area contributed by atoms with Crippen molar-refractivity contribution in [3.05, 3.63) is 17.5 Å². The lowest BCUT2D eigenvalue weighted by molar-refractivity contribution is -0.134. The zero-order valence-electron chi connectivity index (χ0n) is 12.0. The van der Waals surface area contributed by atoms with Crippen LogP contribution in [0.2, 0.25) is 0 Å². The highest BCUT2D eigenvalue weighted by Gasteiger charge is 2.26. The van der Waals surface area contributed by atoms with Crippen molar-refractivity contribution in [3.8, 4) is 0 Å². The number of carbonyl (C=O) groups excluding carboxylic acids is 1. The maximum atomic E-state index is 12.1. The fraction of sp³-hybridized carbons (Fsp3) is 0.714. The molecule has 6 heteroatoms. The number of nitrogens with zero attached hydrogens (tertiary/aromatic N) is 3. The van der Waals surface area contributed by atoms with Crippen LogP contribution in [-0.4, -0.2) is 60.1 Å². The molecule has 0 radical (unpaired) electrons. The van der Waals surface area contributed by atoms with Crippen molar-refractivity contribution < 1.29 is 9.32 Å². The van der Waals surface area contributed by atoms with Crippen LogP contribution in [0.4, 0.5) is 0 Å². The fourth-order valence-corrected chi connectivity index (χ4v) is 2.74. The van der Waals surface area contributed by atoms with Gasteiger partial charge in [-0.2, -0.15) is 0 Å². The van der Waals surface area contributed by atoms with Crippen molar-refractivity contribution >= 4 is 5.91 Å². The van der Waals surface area contributed by atoms with E-state index in [1.165, 1.54) is 0 Å². The fourth-order valence-electron chi connectivity index (χ4n) is 2.74. The van der Waals surface area contributed by atoms with Gasteiger partial charge in [0.25, 0.3) is 0 Å². The van der Waals surface area contributed by atoms with E-state index in [4.69, 9.17) is 4.52 Å². The molecule has 2 aliphatic heterocycles. The number of hydrogen-bond acceptors (Lipinski definition) is 5. The third-order valence-corrected chi connectivity index (χ3v) is 4.11. The van der Waals surface area contributed by atoms with Crippen molar-refractivity contribution in [1.29, 1.82) is 0 Å². The van der Waals surface area contributed by atoms with Gasteiger partial charge in [-0.25, -0.2) is 0 Å². The second-order valence-electron chi connectivity index (χ2n) is 5.82. The molecule has 6 nitrogen and oxygen atoms in total. The van der Waals surface area contributed by atoms with Crippen molar-refractivity contribution in [2.45, 2.75) is 19.9 Å². The quantitative estimate of drug-likeness (QED) is 0.854. The second kappa shape index (κ2) is 5.93. The first-order chi connectivity index (χ1) is 9.70. The zero-order chi connectivity index (χ0) is 13.9. The Hall–Kier alpha value is -1.40. The van der Waals surface area contributed by atoms with Gasteiger partial charge in [0.05, 0.1) is 12.2 Å². The van der Waals surface area contributed by atoms with Gasteiger partial charge < -0.3 is 14.7 Å². The molecule has 2 aliphatic rings. The molecule has 1 amide bonds. The molecule has 1 aromatic rings. The lowest BCUT2D eigenvalue weighted by Gasteiger charge is -2.36. The Morgan fingerprint density at radius 3 is 2.70 bits per heavy atom. The van der Waals surface area contributed by atoms with Crippen LogP contribution in [0.5, 0.6) is 0 Å². The molecular formula is C14H22N4O2. The van der Waals surface area contributed by atoms with Gasteiger partial charge in [0.2, 0.25) is 5.91 Å². The van der Waals surface area contributed by atoms with E-state index in [0.29, 0.717) is 18.2 Å². The molecule has 0 saturated carbocycles. The summed E-state index contributed by atoms with van der Waals surface area (Å²) in [7, 11) is 0. The largest absolute Gasteiger partial charge is 0.360 e. The first kappa shape index (κ1) is 13.6. The van der Waals surface area contributed by atoms with Gasteiger partial charge in [-0.05, 0) is 25.9 Å². The number of nitrogens with one attached hydrogen (secondary N) is 1. The number of carbonyl (C=O) groups is 1. The molecule has 0 spiro atoms. The average molecular weight is 278 g/mol. The Morgan fingerprint density at radius 1 is 1.40 bits per heavy atom. The van der Waals surface area contributed by atoms with Gasteiger partial charge in [-0.15, -0.1) is 0 Å². The number of amides is 1. The summed E-state index contributed by atoms with van der Waals surface area (Å²) in [6.07, 6.45) is 0.703. The van der Waals surface area contributed by atoms with E-state index < -0.39 is 0 Å². The summed E-state index contributed by atoms with van der Waals surface area (Å²) in [5.41, 5.74) is 0.919. The standard InChI is InChI=1S/C14H22N4O2/c1-11-6-13(20-16-11)10-17-2-4-18(5-3-17)14(19)7-12-8-15-9-12/h6,12,15H,2-5,7-10H2,1H3. The lowest BCUT2D eigenvalue weighted by atomic mass is 9.98. The molecule has 2 saturated heterocycles. The predicted molar refractivity (Wildman–Crippen MR) is 74.1 cm³/mol. The maximum absolute atomic E-state index is 12.1. The Kier molecular flexibility index (Phi) is 4.03. The lowest BCUT2D eigenvalue weighted by Crippen LogP contribution is -2.50. The number of aryl methyl sites for hydroxylation is 1. The molecular weight excluding hydrogens is 256 g/mol. The Morgan fingerprint density at radius 2 is 2.15 bits per heavy atom. The van der Waals surface area contributed by atoms with Gasteiger partial charge >= 0.3 is 0 Å². The molecule has 20 heavy (non-hydrogen) atoms. The van der Waals surface area contributed by atoms with Crippen LogP contribution in [0.15, 0.2) is 10.6 Å². The summed E-state index contributed by atoms with van der Waals surface area (Å²) in [5.74, 6) is 1.77. The summed E-state index contributed by atoms with van der Waals surface area (Å²) in [5, 5.41) is 7.11. The van der Waals surface area contributed by atoms with Crippen molar-refractivity contribution in [2.24, 2.45) is 5.92 Å². The number of hydrogen-bond donors (Lipinski definition) is 1. The number of piperazine rings is 1. The van der Waals surface area contributed by atoms with Crippen LogP contribution in [0, 0.1) is 12.8 Å². The van der Waals surface area contributed by atoms with Crippen LogP contribution in [0.25, 0.3) is 0 Å². The highest BCUT2D eigenvalue weighted by molar-refractivity contribution is 5.76. The Bertz CT molecular complexity index is 461. The molecule has 0 aliphatic carbocycles. The summed E-state index contributed by atoms with van der Waals surface area (Å²) in [6, 6.07) is 1.97. The van der Waals surface area contributed by atoms with Gasteiger partial charge in [-0.1, -0.05) is 5.16 Å². The Balaban J connectivity index is 1.43. The summed E-state index contributed by atoms with van der Waals surface area (Å²) < 4.78 is 5.24. The molecule has 0 unspecified atom stereocenters. The minimum Gasteiger partial charge on any atom is -0.360 e. The van der Waals surface area contributed by atoms with Crippen molar-refractivity contribution in [1.82, 2.24) is 20.3 Å². The molecule has 0 bridgehead atoms. The summed E-state index contributed by atoms with van der Waals surface area (Å²) in [6.45, 7) is 8.18. The first-order valence-corrected chi connectivity index (χ1v) is 7.34. The highest BCUT2D eigenvalue weighted by Crippen LogP contribution is 2.14. The SMILES string of the molecule is Cc1cc(CN2CCN(C(=O)CC3CNC3)CC2)on1. The highest BCUT2D eigenvalue weighted by atomic mass is 16.5. The van der Waals surface area contributed by atoms with Crippen LogP contribution in [0.3, 0.4) is 0 Å². The van der Waals surface area contributed by atoms with Crippen LogP contribution < -0.4 is 5.32 Å². The molecule has 0 atom stereocenters. The molecule has 1 aromatic heterocycles. The van der Waals surface area contributed by atoms with E-state index in [1.807, 2.05) is 17.9 Å². The van der Waals surface area contributed by atoms with E-state index in [0.717, 1.165) is 57.3 Å². The molecule has 110 valence electrons. The normalized spacial score (nSPS) is 20.9. The zero-order valence-corrected chi connectivity index (χ0v) is 12.0. The van der Waals surface area contributed by atoms with E-state index in [2.05, 4.69) is 15.4 Å². The second-order valence-corrected chi connectivity index (χ2v) is 5.82. The topological polar surface area (TPSA) is 61.6 Å². The van der Waals surface area contributed by atoms with Gasteiger partial charge in [0, 0.05) is 38.7 Å². The van der Waals surface area contributed by atoms with Gasteiger partial charge in [-0.3, -0.25) is 9.69 Å². The molecule has 0 aromatic carbocycles. The first-order valence-electron chi connectivity index (χ1n) is 7.34. The van der Waals surface area contributed by atoms with E-state index in [9.17, 15) is 4.79 Å². The van der Waals surface area contributed by atoms with Gasteiger partial charge in [0.15, 0.2) is 5.76 Å². The predicted octanol–water partition coefficient (Wildman–Crippen LogP) is 0.237. The van der Waals surface area contributed by atoms with E-state index >= 15 is 0 Å². The molecule has 2 fully saturated rings. The van der Waals surface area contributed by atoms with Crippen LogP contribution in [-0.2, 0) is 11.3 Å². The monoisotopic (exact) mass is 278 g/mol. The summed E-state index contributed by atoms with van der Waals surface area (Å²) in [4.78, 5) is 16.4. The van der Waals surface area contributed by atoms with Gasteiger partial charge in [0.1, 0.15) is 0 Å². The van der Waals surface area contributed by atoms with E-state index in [1.54, 1.807) is 0 Å². The van der Waals surface area contributed by atoms with Crippen LogP contribution in [0.1, 0.15) is 17.9 Å². The summed E-state index contributed by atoms with van der Waals surface area (Å²) >= 11 is 0. The van der Waals surface area contributed by atoms with Crippen LogP contribution >= 0.6 is 0 Å². The third kappa shape index (κ3) is 3.19. The smallest absolute Gasteiger partial charge is 0.223 e. The number of rotatable bonds is 4. The third-order valence-electron chi connectivity index (χ3n) is 4.11. The maximum Gasteiger partial charge on any atom is 0.223 e. The van der Waals surface area contributed by atoms with Crippen molar-refractivity contribution in [3.63, 3.8) is 0 Å². The number of aromatic nitrogens is 1. The minimum absolute atomic E-state index is 0.312. The van der Waals surface area contributed by atoms with E-state index in [-0.39, 0.29) is 0 Å². The molecule has 1 N–H and O–H groups in total. The molecule has 3 rings (SSSR count). The average Bonchev–Trinajstić information content (AvgIpc) is 2.80. The molecule has 3 heterocycles. The Labute approximate surface area is 119 Å². The van der Waals surface area contributed by atoms with Crippen molar-refractivity contribution in [2.75, 3.05) is 39.3 Å².